The van der Waals surface area contributed by atoms with Crippen molar-refractivity contribution in [2.24, 2.45) is 5.92 Å². The molecular weight excluding hydrogens is 208 g/mol. The number of rotatable bonds is 2. The van der Waals surface area contributed by atoms with Crippen LogP contribution < -0.4 is 0 Å². The minimum atomic E-state index is -0.573. The Labute approximate surface area is 105 Å². The summed E-state index contributed by atoms with van der Waals surface area (Å²) in [4.78, 5) is 0. The highest BCUT2D eigenvalue weighted by atomic mass is 16.3. The predicted molar refractivity (Wildman–Crippen MR) is 72.1 cm³/mol. The first kappa shape index (κ1) is 12.6. The average Bonchev–Trinajstić information content (AvgIpc) is 2.28. The molecule has 1 aromatic carbocycles. The second-order valence-corrected chi connectivity index (χ2v) is 5.72. The second-order valence-electron chi connectivity index (χ2n) is 5.72. The number of benzene rings is 1. The first-order valence-corrected chi connectivity index (χ1v) is 6.85. The van der Waals surface area contributed by atoms with Crippen molar-refractivity contribution in [3.63, 3.8) is 0 Å². The molecule has 2 atom stereocenters. The molecule has 1 aromatic rings. The van der Waals surface area contributed by atoms with Crippen LogP contribution in [0.15, 0.2) is 18.2 Å². The van der Waals surface area contributed by atoms with E-state index in [2.05, 4.69) is 39.0 Å². The summed E-state index contributed by atoms with van der Waals surface area (Å²) in [7, 11) is 0. The molecule has 0 aromatic heterocycles. The molecule has 0 aliphatic heterocycles. The van der Waals surface area contributed by atoms with Gasteiger partial charge in [0.05, 0.1) is 5.60 Å². The zero-order chi connectivity index (χ0) is 12.5. The average molecular weight is 232 g/mol. The fourth-order valence-electron chi connectivity index (χ4n) is 3.29. The van der Waals surface area contributed by atoms with Crippen LogP contribution in [0.1, 0.15) is 55.7 Å². The fraction of sp³-hybridized carbons (Fsp3) is 0.625. The number of hydrogen-bond donors (Lipinski definition) is 1. The summed E-state index contributed by atoms with van der Waals surface area (Å²) in [5.41, 5.74) is 3.10. The van der Waals surface area contributed by atoms with Crippen LogP contribution in [0.25, 0.3) is 0 Å². The third kappa shape index (κ3) is 2.55. The lowest BCUT2D eigenvalue weighted by Gasteiger charge is -2.38. The van der Waals surface area contributed by atoms with E-state index < -0.39 is 5.60 Å². The molecule has 2 unspecified atom stereocenters. The van der Waals surface area contributed by atoms with Gasteiger partial charge < -0.3 is 5.11 Å². The van der Waals surface area contributed by atoms with Gasteiger partial charge in [-0.15, -0.1) is 0 Å². The van der Waals surface area contributed by atoms with Gasteiger partial charge in [0.25, 0.3) is 0 Å². The van der Waals surface area contributed by atoms with Crippen LogP contribution in [0.5, 0.6) is 0 Å². The second kappa shape index (κ2) is 4.81. The smallest absolute Gasteiger partial charge is 0.0901 e. The SMILES string of the molecule is CCC1CCCC(O)(c2ccc(C)cc2C)C1. The molecule has 17 heavy (non-hydrogen) atoms. The topological polar surface area (TPSA) is 20.2 Å². The van der Waals surface area contributed by atoms with Crippen LogP contribution in [-0.2, 0) is 5.60 Å². The zero-order valence-electron chi connectivity index (χ0n) is 11.3. The van der Waals surface area contributed by atoms with E-state index >= 15 is 0 Å². The Kier molecular flexibility index (Phi) is 3.58. The molecule has 1 fully saturated rings. The van der Waals surface area contributed by atoms with E-state index in [0.29, 0.717) is 5.92 Å². The third-order valence-electron chi connectivity index (χ3n) is 4.29. The first-order valence-electron chi connectivity index (χ1n) is 6.85. The summed E-state index contributed by atoms with van der Waals surface area (Å²) >= 11 is 0. The lowest BCUT2D eigenvalue weighted by Crippen LogP contribution is -2.33. The highest BCUT2D eigenvalue weighted by molar-refractivity contribution is 5.35. The first-order chi connectivity index (χ1) is 8.05. The van der Waals surface area contributed by atoms with Crippen molar-refractivity contribution in [3.05, 3.63) is 34.9 Å². The monoisotopic (exact) mass is 232 g/mol. The minimum Gasteiger partial charge on any atom is -0.385 e. The van der Waals surface area contributed by atoms with Gasteiger partial charge in [-0.05, 0) is 50.2 Å². The quantitative estimate of drug-likeness (QED) is 0.814. The molecule has 1 N–H and O–H groups in total. The molecule has 1 nitrogen and oxygen atoms in total. The van der Waals surface area contributed by atoms with Gasteiger partial charge in [0, 0.05) is 0 Å². The fourth-order valence-corrected chi connectivity index (χ4v) is 3.29. The standard InChI is InChI=1S/C16H24O/c1-4-14-6-5-9-16(17,11-14)15-8-7-12(2)10-13(15)3/h7-8,10,14,17H,4-6,9,11H2,1-3H3. The van der Waals surface area contributed by atoms with E-state index in [-0.39, 0.29) is 0 Å². The van der Waals surface area contributed by atoms with E-state index in [4.69, 9.17) is 0 Å². The zero-order valence-corrected chi connectivity index (χ0v) is 11.3. The molecule has 0 heterocycles. The van der Waals surface area contributed by atoms with Gasteiger partial charge in [0.2, 0.25) is 0 Å². The number of aryl methyl sites for hydroxylation is 2. The Morgan fingerprint density at radius 1 is 1.35 bits per heavy atom. The number of aliphatic hydroxyl groups is 1. The van der Waals surface area contributed by atoms with Crippen molar-refractivity contribution in [3.8, 4) is 0 Å². The summed E-state index contributed by atoms with van der Waals surface area (Å²) in [5.74, 6) is 0.689. The van der Waals surface area contributed by atoms with Gasteiger partial charge in [-0.25, -0.2) is 0 Å². The molecule has 94 valence electrons. The molecule has 1 aliphatic rings. The maximum absolute atomic E-state index is 10.9. The molecule has 0 saturated heterocycles. The van der Waals surface area contributed by atoms with Crippen molar-refractivity contribution >= 4 is 0 Å². The molecule has 1 saturated carbocycles. The molecule has 0 spiro atoms. The van der Waals surface area contributed by atoms with E-state index in [0.717, 1.165) is 24.8 Å². The van der Waals surface area contributed by atoms with Crippen molar-refractivity contribution in [1.82, 2.24) is 0 Å². The van der Waals surface area contributed by atoms with Gasteiger partial charge in [0.1, 0.15) is 0 Å². The van der Waals surface area contributed by atoms with Crippen LogP contribution >= 0.6 is 0 Å². The van der Waals surface area contributed by atoms with Crippen LogP contribution in [-0.4, -0.2) is 5.11 Å². The lowest BCUT2D eigenvalue weighted by molar-refractivity contribution is -0.0222. The van der Waals surface area contributed by atoms with E-state index in [1.165, 1.54) is 24.0 Å². The Hall–Kier alpha value is -0.820. The summed E-state index contributed by atoms with van der Waals surface area (Å²) < 4.78 is 0. The van der Waals surface area contributed by atoms with Crippen LogP contribution in [0.2, 0.25) is 0 Å². The summed E-state index contributed by atoms with van der Waals surface area (Å²) in [6, 6.07) is 6.43. The molecule has 2 rings (SSSR count). The Morgan fingerprint density at radius 2 is 2.12 bits per heavy atom. The summed E-state index contributed by atoms with van der Waals surface area (Å²) in [6.45, 7) is 6.46. The van der Waals surface area contributed by atoms with E-state index in [1.54, 1.807) is 0 Å². The molecule has 0 radical (unpaired) electrons. The van der Waals surface area contributed by atoms with Gasteiger partial charge in [-0.1, -0.05) is 43.5 Å². The predicted octanol–water partition coefficient (Wildman–Crippen LogP) is 4.09. The minimum absolute atomic E-state index is 0.573. The maximum Gasteiger partial charge on any atom is 0.0901 e. The largest absolute Gasteiger partial charge is 0.385 e. The Balaban J connectivity index is 2.30. The molecule has 1 heteroatoms. The highest BCUT2D eigenvalue weighted by Crippen LogP contribution is 2.42. The molecular formula is C16H24O. The van der Waals surface area contributed by atoms with Crippen LogP contribution in [0, 0.1) is 19.8 Å². The molecule has 0 bridgehead atoms. The van der Waals surface area contributed by atoms with Gasteiger partial charge >= 0.3 is 0 Å². The molecule has 1 aliphatic carbocycles. The van der Waals surface area contributed by atoms with Crippen LogP contribution in [0.4, 0.5) is 0 Å². The summed E-state index contributed by atoms with van der Waals surface area (Å²) in [6.07, 6.45) is 5.49. The Bertz CT molecular complexity index is 397. The van der Waals surface area contributed by atoms with E-state index in [9.17, 15) is 5.11 Å². The lowest BCUT2D eigenvalue weighted by atomic mass is 9.72. The van der Waals surface area contributed by atoms with Gasteiger partial charge in [-0.2, -0.15) is 0 Å². The van der Waals surface area contributed by atoms with Crippen molar-refractivity contribution in [2.45, 2.75) is 58.5 Å². The maximum atomic E-state index is 10.9. The highest BCUT2D eigenvalue weighted by Gasteiger charge is 2.35. The third-order valence-corrected chi connectivity index (χ3v) is 4.29. The number of hydrogen-bond acceptors (Lipinski definition) is 1. The summed E-state index contributed by atoms with van der Waals surface area (Å²) in [5, 5.41) is 10.9. The van der Waals surface area contributed by atoms with Gasteiger partial charge in [-0.3, -0.25) is 0 Å². The Morgan fingerprint density at radius 3 is 2.76 bits per heavy atom. The van der Waals surface area contributed by atoms with Crippen molar-refractivity contribution in [1.29, 1.82) is 0 Å². The van der Waals surface area contributed by atoms with Gasteiger partial charge in [0.15, 0.2) is 0 Å². The van der Waals surface area contributed by atoms with E-state index in [1.807, 2.05) is 0 Å². The molecule has 0 amide bonds. The van der Waals surface area contributed by atoms with Crippen molar-refractivity contribution in [2.75, 3.05) is 0 Å². The van der Waals surface area contributed by atoms with Crippen molar-refractivity contribution < 1.29 is 5.11 Å². The normalized spacial score (nSPS) is 29.3. The van der Waals surface area contributed by atoms with Crippen LogP contribution in [0.3, 0.4) is 0 Å².